The normalized spacial score (nSPS) is 20.7. The number of halogens is 1. The zero-order valence-electron chi connectivity index (χ0n) is 14.2. The maximum absolute atomic E-state index is 13.8. The number of likely N-dealkylation sites (tertiary alicyclic amines) is 1. The highest BCUT2D eigenvalue weighted by molar-refractivity contribution is 5.78. The highest BCUT2D eigenvalue weighted by atomic mass is 19.1. The number of hydrogen-bond donors (Lipinski definition) is 0. The van der Waals surface area contributed by atoms with Crippen molar-refractivity contribution >= 4 is 5.91 Å². The molecule has 25 heavy (non-hydrogen) atoms. The number of amides is 1. The van der Waals surface area contributed by atoms with Crippen LogP contribution in [-0.4, -0.2) is 34.0 Å². The number of piperidine rings is 1. The Morgan fingerprint density at radius 3 is 2.92 bits per heavy atom. The second-order valence-electron chi connectivity index (χ2n) is 7.14. The Morgan fingerprint density at radius 2 is 2.12 bits per heavy atom. The first kappa shape index (κ1) is 16.2. The fourth-order valence-electron chi connectivity index (χ4n) is 3.48. The topological polar surface area (TPSA) is 59.2 Å². The van der Waals surface area contributed by atoms with Crippen molar-refractivity contribution in [3.63, 3.8) is 0 Å². The quantitative estimate of drug-likeness (QED) is 0.837. The Bertz CT molecular complexity index is 757. The Labute approximate surface area is 146 Å². The third kappa shape index (κ3) is 3.89. The molecule has 2 aromatic rings. The first-order valence-electron chi connectivity index (χ1n) is 9.02. The van der Waals surface area contributed by atoms with E-state index in [2.05, 4.69) is 10.1 Å². The zero-order chi connectivity index (χ0) is 17.2. The Kier molecular flexibility index (Phi) is 4.51. The fourth-order valence-corrected chi connectivity index (χ4v) is 3.48. The van der Waals surface area contributed by atoms with Gasteiger partial charge in [-0.25, -0.2) is 4.39 Å². The van der Waals surface area contributed by atoms with Gasteiger partial charge in [-0.2, -0.15) is 4.98 Å². The molecule has 6 heteroatoms. The van der Waals surface area contributed by atoms with E-state index in [1.165, 1.54) is 6.07 Å². The number of benzene rings is 1. The van der Waals surface area contributed by atoms with Gasteiger partial charge in [-0.1, -0.05) is 23.4 Å². The molecule has 1 saturated heterocycles. The molecule has 2 aliphatic rings. The van der Waals surface area contributed by atoms with Gasteiger partial charge in [0, 0.05) is 25.4 Å². The minimum Gasteiger partial charge on any atom is -0.342 e. The largest absolute Gasteiger partial charge is 0.342 e. The summed E-state index contributed by atoms with van der Waals surface area (Å²) in [6.07, 6.45) is 5.14. The van der Waals surface area contributed by atoms with Gasteiger partial charge in [-0.05, 0) is 43.2 Å². The minimum absolute atomic E-state index is 0.0148. The number of carbonyl (C=O) groups excluding carboxylic acids is 1. The number of rotatable bonds is 5. The second-order valence-corrected chi connectivity index (χ2v) is 7.14. The summed E-state index contributed by atoms with van der Waals surface area (Å²) in [6, 6.07) is 6.47. The van der Waals surface area contributed by atoms with Crippen LogP contribution in [0.15, 0.2) is 28.8 Å². The predicted octanol–water partition coefficient (Wildman–Crippen LogP) is 3.11. The molecule has 1 aromatic heterocycles. The number of carbonyl (C=O) groups is 1. The van der Waals surface area contributed by atoms with Crippen LogP contribution in [0, 0.1) is 11.7 Å². The fraction of sp³-hybridized carbons (Fsp3) is 0.526. The maximum Gasteiger partial charge on any atom is 0.227 e. The van der Waals surface area contributed by atoms with Crippen molar-refractivity contribution < 1.29 is 13.7 Å². The molecule has 1 amide bonds. The molecule has 1 atom stereocenters. The van der Waals surface area contributed by atoms with E-state index in [0.29, 0.717) is 36.3 Å². The molecule has 1 aliphatic carbocycles. The highest BCUT2D eigenvalue weighted by Crippen LogP contribution is 2.38. The van der Waals surface area contributed by atoms with Crippen LogP contribution < -0.4 is 0 Å². The average molecular weight is 343 g/mol. The lowest BCUT2D eigenvalue weighted by Gasteiger charge is -2.32. The molecule has 2 heterocycles. The van der Waals surface area contributed by atoms with E-state index in [9.17, 15) is 9.18 Å². The van der Waals surface area contributed by atoms with E-state index in [0.717, 1.165) is 38.1 Å². The molecular weight excluding hydrogens is 321 g/mol. The van der Waals surface area contributed by atoms with Gasteiger partial charge in [0.25, 0.3) is 0 Å². The molecule has 1 saturated carbocycles. The van der Waals surface area contributed by atoms with Gasteiger partial charge in [0.1, 0.15) is 5.82 Å². The second kappa shape index (κ2) is 6.94. The van der Waals surface area contributed by atoms with Crippen LogP contribution in [0.5, 0.6) is 0 Å². The van der Waals surface area contributed by atoms with Crippen LogP contribution in [0.1, 0.15) is 48.9 Å². The van der Waals surface area contributed by atoms with Crippen LogP contribution in [0.25, 0.3) is 0 Å². The van der Waals surface area contributed by atoms with Gasteiger partial charge in [-0.15, -0.1) is 0 Å². The molecule has 0 spiro atoms. The average Bonchev–Trinajstić information content (AvgIpc) is 3.37. The van der Waals surface area contributed by atoms with E-state index in [-0.39, 0.29) is 18.1 Å². The lowest BCUT2D eigenvalue weighted by atomic mass is 9.94. The molecule has 1 aromatic carbocycles. The van der Waals surface area contributed by atoms with Gasteiger partial charge < -0.3 is 9.42 Å². The number of hydrogen-bond acceptors (Lipinski definition) is 4. The molecule has 0 unspecified atom stereocenters. The van der Waals surface area contributed by atoms with Crippen molar-refractivity contribution in [2.75, 3.05) is 13.1 Å². The van der Waals surface area contributed by atoms with Crippen molar-refractivity contribution in [1.82, 2.24) is 15.0 Å². The number of aromatic nitrogens is 2. The Balaban J connectivity index is 1.35. The Morgan fingerprint density at radius 1 is 1.28 bits per heavy atom. The monoisotopic (exact) mass is 343 g/mol. The standard InChI is InChI=1S/C19H22FN3O2/c20-16-6-2-1-5-15(16)11-18(24)23-9-3-4-13(12-23)10-17-21-19(22-25-17)14-7-8-14/h1-2,5-6,13-14H,3-4,7-12H2/t13-/m1/s1. The van der Waals surface area contributed by atoms with Gasteiger partial charge in [-0.3, -0.25) is 4.79 Å². The molecule has 0 N–H and O–H groups in total. The van der Waals surface area contributed by atoms with Crippen LogP contribution in [-0.2, 0) is 17.6 Å². The molecule has 5 nitrogen and oxygen atoms in total. The zero-order valence-corrected chi connectivity index (χ0v) is 14.2. The molecular formula is C19H22FN3O2. The summed E-state index contributed by atoms with van der Waals surface area (Å²) in [6.45, 7) is 1.41. The summed E-state index contributed by atoms with van der Waals surface area (Å²) in [5, 5.41) is 4.06. The van der Waals surface area contributed by atoms with E-state index in [1.807, 2.05) is 4.90 Å². The van der Waals surface area contributed by atoms with E-state index in [1.54, 1.807) is 18.2 Å². The van der Waals surface area contributed by atoms with E-state index < -0.39 is 0 Å². The van der Waals surface area contributed by atoms with Gasteiger partial charge >= 0.3 is 0 Å². The molecule has 4 rings (SSSR count). The first-order chi connectivity index (χ1) is 12.2. The van der Waals surface area contributed by atoms with Gasteiger partial charge in [0.2, 0.25) is 11.8 Å². The summed E-state index contributed by atoms with van der Waals surface area (Å²) in [4.78, 5) is 18.9. The highest BCUT2D eigenvalue weighted by Gasteiger charge is 2.30. The third-order valence-corrected chi connectivity index (χ3v) is 5.06. The smallest absolute Gasteiger partial charge is 0.227 e. The summed E-state index contributed by atoms with van der Waals surface area (Å²) < 4.78 is 19.1. The van der Waals surface area contributed by atoms with Crippen LogP contribution in [0.4, 0.5) is 4.39 Å². The SMILES string of the molecule is O=C(Cc1ccccc1F)N1CCC[C@H](Cc2nc(C3CC3)no2)C1. The molecule has 1 aliphatic heterocycles. The van der Waals surface area contributed by atoms with Crippen molar-refractivity contribution in [3.05, 3.63) is 47.4 Å². The first-order valence-corrected chi connectivity index (χ1v) is 9.02. The number of nitrogens with zero attached hydrogens (tertiary/aromatic N) is 3. The molecule has 0 bridgehead atoms. The summed E-state index contributed by atoms with van der Waals surface area (Å²) in [5.74, 6) is 1.99. The molecule has 2 fully saturated rings. The minimum atomic E-state index is -0.317. The van der Waals surface area contributed by atoms with Crippen molar-refractivity contribution in [3.8, 4) is 0 Å². The van der Waals surface area contributed by atoms with Gasteiger partial charge in [0.15, 0.2) is 5.82 Å². The summed E-state index contributed by atoms with van der Waals surface area (Å²) in [7, 11) is 0. The van der Waals surface area contributed by atoms with Crippen molar-refractivity contribution in [1.29, 1.82) is 0 Å². The molecule has 132 valence electrons. The summed E-state index contributed by atoms with van der Waals surface area (Å²) >= 11 is 0. The van der Waals surface area contributed by atoms with Crippen molar-refractivity contribution in [2.24, 2.45) is 5.92 Å². The third-order valence-electron chi connectivity index (χ3n) is 5.06. The summed E-state index contributed by atoms with van der Waals surface area (Å²) in [5.41, 5.74) is 0.459. The molecule has 0 radical (unpaired) electrons. The lowest BCUT2D eigenvalue weighted by Crippen LogP contribution is -2.41. The van der Waals surface area contributed by atoms with Crippen LogP contribution in [0.3, 0.4) is 0 Å². The van der Waals surface area contributed by atoms with E-state index >= 15 is 0 Å². The van der Waals surface area contributed by atoms with E-state index in [4.69, 9.17) is 4.52 Å². The van der Waals surface area contributed by atoms with Crippen LogP contribution >= 0.6 is 0 Å². The van der Waals surface area contributed by atoms with Crippen molar-refractivity contribution in [2.45, 2.75) is 44.4 Å². The predicted molar refractivity (Wildman–Crippen MR) is 89.4 cm³/mol. The lowest BCUT2D eigenvalue weighted by molar-refractivity contribution is -0.132. The Hall–Kier alpha value is -2.24. The van der Waals surface area contributed by atoms with Crippen LogP contribution in [0.2, 0.25) is 0 Å². The van der Waals surface area contributed by atoms with Gasteiger partial charge in [0.05, 0.1) is 6.42 Å². The maximum atomic E-state index is 13.8.